The minimum Gasteiger partial charge on any atom is -0.477 e. The molecule has 2 rings (SSSR count). The predicted octanol–water partition coefficient (Wildman–Crippen LogP) is 3.13. The molecule has 0 saturated carbocycles. The molecule has 0 atom stereocenters. The van der Waals surface area contributed by atoms with Crippen molar-refractivity contribution in [1.29, 1.82) is 0 Å². The molecule has 0 aliphatic carbocycles. The van der Waals surface area contributed by atoms with Gasteiger partial charge in [0, 0.05) is 10.3 Å². The SMILES string of the molecule is O=C(O)c1cc(Sc2ccc(F)cn2)cs1. The fourth-order valence-electron chi connectivity index (χ4n) is 1.03. The summed E-state index contributed by atoms with van der Waals surface area (Å²) in [6, 6.07) is 4.45. The number of hydrogen-bond donors (Lipinski definition) is 1. The topological polar surface area (TPSA) is 50.2 Å². The van der Waals surface area contributed by atoms with Crippen molar-refractivity contribution >= 4 is 29.1 Å². The second-order valence-corrected chi connectivity index (χ2v) is 4.87. The molecule has 0 bridgehead atoms. The van der Waals surface area contributed by atoms with E-state index in [4.69, 9.17) is 5.11 Å². The maximum atomic E-state index is 12.6. The number of carboxylic acid groups (broad SMARTS) is 1. The zero-order valence-electron chi connectivity index (χ0n) is 7.88. The van der Waals surface area contributed by atoms with E-state index in [-0.39, 0.29) is 10.7 Å². The van der Waals surface area contributed by atoms with Crippen LogP contribution in [0.1, 0.15) is 9.67 Å². The van der Waals surface area contributed by atoms with Crippen molar-refractivity contribution in [3.8, 4) is 0 Å². The summed E-state index contributed by atoms with van der Waals surface area (Å²) in [6.45, 7) is 0. The maximum absolute atomic E-state index is 12.6. The van der Waals surface area contributed by atoms with Crippen LogP contribution in [0, 0.1) is 5.82 Å². The molecule has 0 aliphatic heterocycles. The van der Waals surface area contributed by atoms with Crippen LogP contribution >= 0.6 is 23.1 Å². The number of nitrogens with zero attached hydrogens (tertiary/aromatic N) is 1. The van der Waals surface area contributed by atoms with Gasteiger partial charge in [-0.3, -0.25) is 0 Å². The van der Waals surface area contributed by atoms with Gasteiger partial charge < -0.3 is 5.11 Å². The van der Waals surface area contributed by atoms with E-state index < -0.39 is 5.97 Å². The fourth-order valence-corrected chi connectivity index (χ4v) is 2.71. The highest BCUT2D eigenvalue weighted by molar-refractivity contribution is 7.99. The Bertz CT molecular complexity index is 510. The van der Waals surface area contributed by atoms with Gasteiger partial charge in [0.1, 0.15) is 15.7 Å². The Balaban J connectivity index is 2.14. The molecule has 82 valence electrons. The van der Waals surface area contributed by atoms with Gasteiger partial charge in [-0.2, -0.15) is 0 Å². The highest BCUT2D eigenvalue weighted by atomic mass is 32.2. The van der Waals surface area contributed by atoms with Crippen molar-refractivity contribution in [2.75, 3.05) is 0 Å². The molecule has 0 amide bonds. The molecular weight excluding hydrogens is 249 g/mol. The lowest BCUT2D eigenvalue weighted by Gasteiger charge is -1.96. The van der Waals surface area contributed by atoms with E-state index in [1.807, 2.05) is 0 Å². The number of rotatable bonds is 3. The average Bonchev–Trinajstić information content (AvgIpc) is 2.70. The van der Waals surface area contributed by atoms with Crippen molar-refractivity contribution in [2.45, 2.75) is 9.92 Å². The van der Waals surface area contributed by atoms with Crippen molar-refractivity contribution in [3.63, 3.8) is 0 Å². The number of carbonyl (C=O) groups is 1. The zero-order valence-corrected chi connectivity index (χ0v) is 9.52. The molecule has 0 radical (unpaired) electrons. The maximum Gasteiger partial charge on any atom is 0.345 e. The summed E-state index contributed by atoms with van der Waals surface area (Å²) in [5.74, 6) is -1.33. The second-order valence-electron chi connectivity index (χ2n) is 2.87. The standard InChI is InChI=1S/C10H6FNO2S2/c11-6-1-2-9(12-4-6)16-7-3-8(10(13)14)15-5-7/h1-5H,(H,13,14). The van der Waals surface area contributed by atoms with Crippen LogP contribution in [-0.2, 0) is 0 Å². The van der Waals surface area contributed by atoms with E-state index in [0.29, 0.717) is 5.03 Å². The van der Waals surface area contributed by atoms with Crippen LogP contribution in [0.2, 0.25) is 0 Å². The highest BCUT2D eigenvalue weighted by Gasteiger charge is 2.08. The smallest absolute Gasteiger partial charge is 0.345 e. The number of aromatic carboxylic acids is 1. The summed E-state index contributed by atoms with van der Waals surface area (Å²) in [6.07, 6.45) is 1.13. The molecule has 2 heterocycles. The lowest BCUT2D eigenvalue weighted by atomic mass is 10.5. The highest BCUT2D eigenvalue weighted by Crippen LogP contribution is 2.29. The molecule has 6 heteroatoms. The van der Waals surface area contributed by atoms with Gasteiger partial charge >= 0.3 is 5.97 Å². The van der Waals surface area contributed by atoms with Crippen molar-refractivity contribution in [3.05, 3.63) is 40.5 Å². The predicted molar refractivity (Wildman–Crippen MR) is 59.6 cm³/mol. The molecule has 0 aliphatic rings. The Labute approximate surface area is 99.0 Å². The van der Waals surface area contributed by atoms with Crippen LogP contribution in [0.4, 0.5) is 4.39 Å². The zero-order chi connectivity index (χ0) is 11.5. The van der Waals surface area contributed by atoms with Crippen LogP contribution < -0.4 is 0 Å². The molecule has 0 aromatic carbocycles. The molecule has 16 heavy (non-hydrogen) atoms. The number of pyridine rings is 1. The number of thiophene rings is 1. The summed E-state index contributed by atoms with van der Waals surface area (Å²) in [5.41, 5.74) is 0. The quantitative estimate of drug-likeness (QED) is 0.915. The Kier molecular flexibility index (Phi) is 3.21. The first-order valence-electron chi connectivity index (χ1n) is 4.26. The van der Waals surface area contributed by atoms with Gasteiger partial charge in [0.25, 0.3) is 0 Å². The van der Waals surface area contributed by atoms with Crippen LogP contribution in [0.25, 0.3) is 0 Å². The summed E-state index contributed by atoms with van der Waals surface area (Å²) in [7, 11) is 0. The number of aromatic nitrogens is 1. The Morgan fingerprint density at radius 1 is 1.50 bits per heavy atom. The van der Waals surface area contributed by atoms with E-state index in [2.05, 4.69) is 4.98 Å². The molecule has 0 spiro atoms. The van der Waals surface area contributed by atoms with Crippen molar-refractivity contribution in [2.24, 2.45) is 0 Å². The van der Waals surface area contributed by atoms with Crippen LogP contribution in [-0.4, -0.2) is 16.1 Å². The first-order valence-corrected chi connectivity index (χ1v) is 5.96. The van der Waals surface area contributed by atoms with Gasteiger partial charge in [0.2, 0.25) is 0 Å². The summed E-state index contributed by atoms with van der Waals surface area (Å²) in [4.78, 5) is 15.6. The molecule has 0 fully saturated rings. The lowest BCUT2D eigenvalue weighted by molar-refractivity contribution is 0.0702. The van der Waals surface area contributed by atoms with Crippen molar-refractivity contribution in [1.82, 2.24) is 4.98 Å². The van der Waals surface area contributed by atoms with Crippen molar-refractivity contribution < 1.29 is 14.3 Å². The van der Waals surface area contributed by atoms with Crippen LogP contribution in [0.15, 0.2) is 39.7 Å². The van der Waals surface area contributed by atoms with Gasteiger partial charge in [-0.05, 0) is 18.2 Å². The lowest BCUT2D eigenvalue weighted by Crippen LogP contribution is -1.89. The minimum atomic E-state index is -0.941. The number of halogens is 1. The first kappa shape index (κ1) is 11.1. The average molecular weight is 255 g/mol. The van der Waals surface area contributed by atoms with E-state index in [1.54, 1.807) is 17.5 Å². The largest absolute Gasteiger partial charge is 0.477 e. The monoisotopic (exact) mass is 255 g/mol. The normalized spacial score (nSPS) is 10.3. The molecule has 3 nitrogen and oxygen atoms in total. The minimum absolute atomic E-state index is 0.282. The third-order valence-electron chi connectivity index (χ3n) is 1.71. The molecule has 0 unspecified atom stereocenters. The molecular formula is C10H6FNO2S2. The Morgan fingerprint density at radius 3 is 2.88 bits per heavy atom. The number of hydrogen-bond acceptors (Lipinski definition) is 4. The third kappa shape index (κ3) is 2.59. The summed E-state index contributed by atoms with van der Waals surface area (Å²) >= 11 is 2.46. The Hall–Kier alpha value is -1.40. The second kappa shape index (κ2) is 4.63. The van der Waals surface area contributed by atoms with E-state index in [0.717, 1.165) is 22.4 Å². The first-order chi connectivity index (χ1) is 7.65. The van der Waals surface area contributed by atoms with E-state index in [9.17, 15) is 9.18 Å². The summed E-state index contributed by atoms with van der Waals surface area (Å²) < 4.78 is 12.6. The summed E-state index contributed by atoms with van der Waals surface area (Å²) in [5, 5.41) is 11.1. The molecule has 2 aromatic heterocycles. The fraction of sp³-hybridized carbons (Fsp3) is 0. The van der Waals surface area contributed by atoms with Gasteiger partial charge in [-0.1, -0.05) is 11.8 Å². The van der Waals surface area contributed by atoms with Gasteiger partial charge in [0.05, 0.1) is 6.20 Å². The van der Waals surface area contributed by atoms with Gasteiger partial charge in [-0.15, -0.1) is 11.3 Å². The third-order valence-corrected chi connectivity index (χ3v) is 3.70. The van der Waals surface area contributed by atoms with E-state index in [1.165, 1.54) is 17.8 Å². The van der Waals surface area contributed by atoms with Crippen LogP contribution in [0.3, 0.4) is 0 Å². The Morgan fingerprint density at radius 2 is 2.31 bits per heavy atom. The van der Waals surface area contributed by atoms with Gasteiger partial charge in [-0.25, -0.2) is 14.2 Å². The van der Waals surface area contributed by atoms with Crippen LogP contribution in [0.5, 0.6) is 0 Å². The van der Waals surface area contributed by atoms with E-state index >= 15 is 0 Å². The molecule has 1 N–H and O–H groups in total. The molecule has 0 saturated heterocycles. The van der Waals surface area contributed by atoms with Gasteiger partial charge in [0.15, 0.2) is 0 Å². The number of carboxylic acids is 1. The molecule has 2 aromatic rings.